The van der Waals surface area contributed by atoms with Crippen LogP contribution in [0.2, 0.25) is 0 Å². The molecule has 6 heteroatoms. The molecule has 1 saturated carbocycles. The number of nitrogens with one attached hydrogen (secondary N) is 1. The predicted molar refractivity (Wildman–Crippen MR) is 128 cm³/mol. The van der Waals surface area contributed by atoms with Gasteiger partial charge < -0.3 is 10.4 Å². The number of pyridine rings is 1. The number of benzene rings is 3. The Bertz CT molecular complexity index is 1380. The van der Waals surface area contributed by atoms with Crippen LogP contribution in [-0.2, 0) is 11.2 Å². The van der Waals surface area contributed by atoms with E-state index in [0.717, 1.165) is 18.4 Å². The first-order chi connectivity index (χ1) is 16.5. The van der Waals surface area contributed by atoms with Gasteiger partial charge in [-0.2, -0.15) is 0 Å². The first-order valence-electron chi connectivity index (χ1n) is 11.3. The highest BCUT2D eigenvalue weighted by Crippen LogP contribution is 2.41. The summed E-state index contributed by atoms with van der Waals surface area (Å²) >= 11 is 0. The van der Waals surface area contributed by atoms with Gasteiger partial charge in [0.05, 0.1) is 29.2 Å². The fourth-order valence-corrected chi connectivity index (χ4v) is 4.49. The zero-order valence-corrected chi connectivity index (χ0v) is 18.4. The molecule has 1 heterocycles. The SMILES string of the molecule is O=C(O)Cc1c(-c2ccccc2)nc2ccccc2c1C(=O)N[C@H](c1cccc(F)c1)C1CC1. The molecule has 0 spiro atoms. The monoisotopic (exact) mass is 454 g/mol. The van der Waals surface area contributed by atoms with Gasteiger partial charge in [-0.1, -0.05) is 60.7 Å². The van der Waals surface area contributed by atoms with E-state index >= 15 is 0 Å². The Balaban J connectivity index is 1.66. The third-order valence-corrected chi connectivity index (χ3v) is 6.18. The molecule has 4 aromatic rings. The van der Waals surface area contributed by atoms with E-state index in [0.29, 0.717) is 33.3 Å². The topological polar surface area (TPSA) is 79.3 Å². The Morgan fingerprint density at radius 3 is 2.44 bits per heavy atom. The molecule has 5 nitrogen and oxygen atoms in total. The number of carboxylic acids is 1. The van der Waals surface area contributed by atoms with Crippen LogP contribution in [0.5, 0.6) is 0 Å². The Labute approximate surface area is 196 Å². The lowest BCUT2D eigenvalue weighted by Gasteiger charge is -2.22. The molecule has 1 fully saturated rings. The molecule has 1 atom stereocenters. The molecule has 0 aliphatic heterocycles. The minimum absolute atomic E-state index is 0.218. The van der Waals surface area contributed by atoms with Gasteiger partial charge in [0, 0.05) is 16.5 Å². The zero-order chi connectivity index (χ0) is 23.7. The second-order valence-corrected chi connectivity index (χ2v) is 8.61. The van der Waals surface area contributed by atoms with Crippen LogP contribution in [0.1, 0.15) is 40.4 Å². The predicted octanol–water partition coefficient (Wildman–Crippen LogP) is 5.55. The molecular weight excluding hydrogens is 431 g/mol. The highest BCUT2D eigenvalue weighted by Gasteiger charge is 2.35. The molecular formula is C28H23FN2O3. The van der Waals surface area contributed by atoms with Crippen molar-refractivity contribution < 1.29 is 19.1 Å². The molecule has 1 aliphatic carbocycles. The lowest BCUT2D eigenvalue weighted by molar-refractivity contribution is -0.136. The average Bonchev–Trinajstić information content (AvgIpc) is 3.67. The molecule has 0 unspecified atom stereocenters. The third kappa shape index (κ3) is 4.39. The fraction of sp³-hybridized carbons (Fsp3) is 0.179. The number of fused-ring (bicyclic) bond motifs is 1. The number of carbonyl (C=O) groups is 2. The zero-order valence-electron chi connectivity index (χ0n) is 18.4. The maximum atomic E-state index is 13.9. The molecule has 3 aromatic carbocycles. The summed E-state index contributed by atoms with van der Waals surface area (Å²) in [6.07, 6.45) is 1.53. The molecule has 1 aliphatic rings. The maximum absolute atomic E-state index is 13.9. The first kappa shape index (κ1) is 21.8. The van der Waals surface area contributed by atoms with Crippen molar-refractivity contribution in [2.75, 3.05) is 0 Å². The van der Waals surface area contributed by atoms with Crippen LogP contribution in [-0.4, -0.2) is 22.0 Å². The van der Waals surface area contributed by atoms with E-state index in [-0.39, 0.29) is 30.1 Å². The Morgan fingerprint density at radius 2 is 1.74 bits per heavy atom. The number of amides is 1. The summed E-state index contributed by atoms with van der Waals surface area (Å²) in [6.45, 7) is 0. The molecule has 170 valence electrons. The lowest BCUT2D eigenvalue weighted by atomic mass is 9.93. The van der Waals surface area contributed by atoms with Crippen molar-refractivity contribution in [1.82, 2.24) is 10.3 Å². The Kier molecular flexibility index (Phi) is 5.80. The summed E-state index contributed by atoms with van der Waals surface area (Å²) in [5.74, 6) is -1.57. The fourth-order valence-electron chi connectivity index (χ4n) is 4.49. The smallest absolute Gasteiger partial charge is 0.307 e. The lowest BCUT2D eigenvalue weighted by Crippen LogP contribution is -2.31. The van der Waals surface area contributed by atoms with Gasteiger partial charge in [-0.15, -0.1) is 0 Å². The third-order valence-electron chi connectivity index (χ3n) is 6.18. The molecule has 34 heavy (non-hydrogen) atoms. The summed E-state index contributed by atoms with van der Waals surface area (Å²) < 4.78 is 13.9. The van der Waals surface area contributed by atoms with Crippen molar-refractivity contribution >= 4 is 22.8 Å². The van der Waals surface area contributed by atoms with E-state index in [2.05, 4.69) is 5.32 Å². The van der Waals surface area contributed by atoms with E-state index in [1.54, 1.807) is 18.2 Å². The highest BCUT2D eigenvalue weighted by atomic mass is 19.1. The number of aromatic nitrogens is 1. The molecule has 0 bridgehead atoms. The number of hydrogen-bond acceptors (Lipinski definition) is 3. The molecule has 1 aromatic heterocycles. The number of halogens is 1. The van der Waals surface area contributed by atoms with Crippen molar-refractivity contribution in [3.05, 3.63) is 101 Å². The minimum Gasteiger partial charge on any atom is -0.481 e. The second-order valence-electron chi connectivity index (χ2n) is 8.61. The standard InChI is InChI=1S/C28H23FN2O3/c29-20-10-6-9-19(15-20)26(18-13-14-18)31-28(34)25-21-11-4-5-12-23(21)30-27(22(25)16-24(32)33)17-7-2-1-3-8-17/h1-12,15,18,26H,13-14,16H2,(H,31,34)(H,32,33)/t26-/m0/s1. The number of carboxylic acid groups (broad SMARTS) is 1. The van der Waals surface area contributed by atoms with Crippen LogP contribution >= 0.6 is 0 Å². The Morgan fingerprint density at radius 1 is 1.00 bits per heavy atom. The second kappa shape index (κ2) is 9.06. The largest absolute Gasteiger partial charge is 0.481 e. The number of nitrogens with zero attached hydrogens (tertiary/aromatic N) is 1. The summed E-state index contributed by atoms with van der Waals surface area (Å²) in [7, 11) is 0. The van der Waals surface area contributed by atoms with E-state index in [4.69, 9.17) is 4.98 Å². The maximum Gasteiger partial charge on any atom is 0.307 e. The van der Waals surface area contributed by atoms with Crippen LogP contribution in [0.25, 0.3) is 22.2 Å². The first-order valence-corrected chi connectivity index (χ1v) is 11.3. The van der Waals surface area contributed by atoms with Gasteiger partial charge >= 0.3 is 5.97 Å². The van der Waals surface area contributed by atoms with Crippen molar-refractivity contribution in [3.8, 4) is 11.3 Å². The summed E-state index contributed by atoms with van der Waals surface area (Å²) in [4.78, 5) is 30.4. The van der Waals surface area contributed by atoms with Crippen LogP contribution < -0.4 is 5.32 Å². The van der Waals surface area contributed by atoms with Gasteiger partial charge in [-0.25, -0.2) is 9.37 Å². The molecule has 0 saturated heterocycles. The van der Waals surface area contributed by atoms with Crippen LogP contribution in [0, 0.1) is 11.7 Å². The molecule has 5 rings (SSSR count). The van der Waals surface area contributed by atoms with Crippen molar-refractivity contribution in [3.63, 3.8) is 0 Å². The number of carbonyl (C=O) groups excluding carboxylic acids is 1. The normalized spacial score (nSPS) is 14.0. The number of hydrogen-bond donors (Lipinski definition) is 2. The average molecular weight is 455 g/mol. The number of para-hydroxylation sites is 1. The quantitative estimate of drug-likeness (QED) is 0.384. The van der Waals surface area contributed by atoms with Gasteiger partial charge in [0.1, 0.15) is 5.82 Å². The number of aliphatic carboxylic acids is 1. The van der Waals surface area contributed by atoms with Crippen LogP contribution in [0.3, 0.4) is 0 Å². The van der Waals surface area contributed by atoms with E-state index in [1.165, 1.54) is 12.1 Å². The van der Waals surface area contributed by atoms with Crippen molar-refractivity contribution in [1.29, 1.82) is 0 Å². The van der Waals surface area contributed by atoms with E-state index < -0.39 is 5.97 Å². The molecule has 2 N–H and O–H groups in total. The molecule has 0 radical (unpaired) electrons. The number of rotatable bonds is 7. The van der Waals surface area contributed by atoms with Crippen LogP contribution in [0.15, 0.2) is 78.9 Å². The summed E-state index contributed by atoms with van der Waals surface area (Å²) in [5.41, 5.74) is 3.19. The molecule has 1 amide bonds. The minimum atomic E-state index is -1.05. The van der Waals surface area contributed by atoms with Crippen molar-refractivity contribution in [2.24, 2.45) is 5.92 Å². The van der Waals surface area contributed by atoms with Crippen LogP contribution in [0.4, 0.5) is 4.39 Å². The van der Waals surface area contributed by atoms with Crippen molar-refractivity contribution in [2.45, 2.75) is 25.3 Å². The Hall–Kier alpha value is -4.06. The van der Waals surface area contributed by atoms with Gasteiger partial charge in [0.2, 0.25) is 0 Å². The van der Waals surface area contributed by atoms with Gasteiger partial charge in [-0.3, -0.25) is 9.59 Å². The van der Waals surface area contributed by atoms with Gasteiger partial charge in [0.25, 0.3) is 5.91 Å². The van der Waals surface area contributed by atoms with Gasteiger partial charge in [0.15, 0.2) is 0 Å². The van der Waals surface area contributed by atoms with E-state index in [9.17, 15) is 19.1 Å². The van der Waals surface area contributed by atoms with Gasteiger partial charge in [-0.05, 0) is 42.5 Å². The highest BCUT2D eigenvalue weighted by molar-refractivity contribution is 6.09. The summed E-state index contributed by atoms with van der Waals surface area (Å²) in [5, 5.41) is 13.4. The summed E-state index contributed by atoms with van der Waals surface area (Å²) in [6, 6.07) is 22.4. The van der Waals surface area contributed by atoms with E-state index in [1.807, 2.05) is 48.5 Å².